The fraction of sp³-hybridized carbons (Fsp3) is 0.280. The van der Waals surface area contributed by atoms with E-state index in [1.165, 1.54) is 15.9 Å². The van der Waals surface area contributed by atoms with Crippen molar-refractivity contribution in [2.45, 2.75) is 20.4 Å². The number of carbonyl (C=O) groups is 1. The number of amides is 1. The van der Waals surface area contributed by atoms with Crippen LogP contribution in [0.15, 0.2) is 58.1 Å². The molecule has 1 saturated heterocycles. The number of aromatic nitrogens is 3. The van der Waals surface area contributed by atoms with E-state index in [0.717, 1.165) is 15.7 Å². The highest BCUT2D eigenvalue weighted by Crippen LogP contribution is 2.27. The van der Waals surface area contributed by atoms with Gasteiger partial charge in [0.25, 0.3) is 5.56 Å². The van der Waals surface area contributed by atoms with Gasteiger partial charge in [0.05, 0.1) is 18.9 Å². The van der Waals surface area contributed by atoms with Crippen LogP contribution in [-0.2, 0) is 16.1 Å². The lowest BCUT2D eigenvalue weighted by molar-refractivity contribution is -0.116. The van der Waals surface area contributed by atoms with E-state index in [1.807, 2.05) is 43.0 Å². The highest BCUT2D eigenvalue weighted by atomic mass is 32.1. The van der Waals surface area contributed by atoms with Crippen LogP contribution in [0, 0.1) is 13.8 Å². The molecule has 0 radical (unpaired) electrons. The third kappa shape index (κ3) is 4.62. The van der Waals surface area contributed by atoms with Gasteiger partial charge in [0.2, 0.25) is 5.91 Å². The van der Waals surface area contributed by atoms with Gasteiger partial charge in [-0.2, -0.15) is 0 Å². The third-order valence-corrected chi connectivity index (χ3v) is 6.98. The summed E-state index contributed by atoms with van der Waals surface area (Å²) in [6.07, 6.45) is 0. The Morgan fingerprint density at radius 1 is 1.00 bits per heavy atom. The largest absolute Gasteiger partial charge is 0.378 e. The number of carbonyl (C=O) groups excluding carboxylic acids is 1. The Morgan fingerprint density at radius 2 is 1.63 bits per heavy atom. The van der Waals surface area contributed by atoms with Crippen LogP contribution in [0.2, 0.25) is 0 Å². The van der Waals surface area contributed by atoms with Crippen molar-refractivity contribution in [1.29, 1.82) is 0 Å². The van der Waals surface area contributed by atoms with E-state index in [-0.39, 0.29) is 18.1 Å². The lowest BCUT2D eigenvalue weighted by Gasteiger charge is -2.25. The van der Waals surface area contributed by atoms with Crippen LogP contribution in [0.25, 0.3) is 16.0 Å². The normalized spacial score (nSPS) is 13.8. The lowest BCUT2D eigenvalue weighted by Crippen LogP contribution is -2.40. The fourth-order valence-electron chi connectivity index (χ4n) is 3.96. The minimum atomic E-state index is -0.607. The monoisotopic (exact) mass is 491 g/mol. The second-order valence-corrected chi connectivity index (χ2v) is 9.49. The van der Waals surface area contributed by atoms with Crippen molar-refractivity contribution in [3.05, 3.63) is 80.5 Å². The Morgan fingerprint density at radius 3 is 2.29 bits per heavy atom. The molecule has 0 spiro atoms. The predicted molar refractivity (Wildman–Crippen MR) is 137 cm³/mol. The van der Waals surface area contributed by atoms with Gasteiger partial charge in [-0.15, -0.1) is 0 Å². The van der Waals surface area contributed by atoms with E-state index in [1.54, 1.807) is 24.3 Å². The lowest BCUT2D eigenvalue weighted by atomic mass is 10.2. The van der Waals surface area contributed by atoms with Crippen LogP contribution in [0.4, 0.5) is 10.8 Å². The summed E-state index contributed by atoms with van der Waals surface area (Å²) in [5.41, 5.74) is 2.32. The first-order valence-corrected chi connectivity index (χ1v) is 12.1. The van der Waals surface area contributed by atoms with E-state index < -0.39 is 11.2 Å². The van der Waals surface area contributed by atoms with E-state index >= 15 is 0 Å². The average Bonchev–Trinajstić information content (AvgIpc) is 3.31. The number of nitrogens with one attached hydrogen (secondary N) is 1. The SMILES string of the molecule is Cc1ccc(NC(=O)Cn2c(=O)n(-c3ccc(C)cc3)c(=O)c3sc(N4CCOCC4)nc32)cc1. The number of rotatable bonds is 5. The van der Waals surface area contributed by atoms with Crippen molar-refractivity contribution in [3.8, 4) is 5.69 Å². The van der Waals surface area contributed by atoms with E-state index in [2.05, 4.69) is 10.3 Å². The Labute approximate surface area is 205 Å². The minimum Gasteiger partial charge on any atom is -0.378 e. The number of anilines is 2. The zero-order valence-corrected chi connectivity index (χ0v) is 20.3. The number of benzene rings is 2. The molecule has 1 aliphatic heterocycles. The Bertz CT molecular complexity index is 1500. The van der Waals surface area contributed by atoms with E-state index in [4.69, 9.17) is 4.74 Å². The number of hydrogen-bond donors (Lipinski definition) is 1. The maximum absolute atomic E-state index is 13.6. The average molecular weight is 492 g/mol. The fourth-order valence-corrected chi connectivity index (χ4v) is 5.01. The van der Waals surface area contributed by atoms with Crippen molar-refractivity contribution in [2.75, 3.05) is 36.5 Å². The summed E-state index contributed by atoms with van der Waals surface area (Å²) >= 11 is 1.23. The number of thiazole rings is 1. The third-order valence-electron chi connectivity index (χ3n) is 5.88. The molecule has 1 fully saturated rings. The summed E-state index contributed by atoms with van der Waals surface area (Å²) in [6.45, 7) is 6.03. The van der Waals surface area contributed by atoms with Crippen molar-refractivity contribution < 1.29 is 9.53 Å². The molecule has 4 aromatic rings. The van der Waals surface area contributed by atoms with Crippen molar-refractivity contribution >= 4 is 38.4 Å². The molecule has 10 heteroatoms. The van der Waals surface area contributed by atoms with Gasteiger partial charge < -0.3 is 15.0 Å². The molecule has 180 valence electrons. The summed E-state index contributed by atoms with van der Waals surface area (Å²) < 4.78 is 8.15. The number of nitrogens with zero attached hydrogens (tertiary/aromatic N) is 4. The maximum atomic E-state index is 13.6. The van der Waals surface area contributed by atoms with Crippen LogP contribution in [-0.4, -0.2) is 46.3 Å². The van der Waals surface area contributed by atoms with E-state index in [0.29, 0.717) is 47.5 Å². The first-order chi connectivity index (χ1) is 16.9. The topological polar surface area (TPSA) is 98.5 Å². The molecule has 5 rings (SSSR count). The van der Waals surface area contributed by atoms with Gasteiger partial charge >= 0.3 is 5.69 Å². The van der Waals surface area contributed by atoms with Crippen LogP contribution >= 0.6 is 11.3 Å². The highest BCUT2D eigenvalue weighted by Gasteiger charge is 2.23. The number of ether oxygens (including phenoxy) is 1. The highest BCUT2D eigenvalue weighted by molar-refractivity contribution is 7.22. The molecule has 35 heavy (non-hydrogen) atoms. The predicted octanol–water partition coefficient (Wildman–Crippen LogP) is 2.70. The number of morpholine rings is 1. The molecular formula is C25H25N5O4S. The molecule has 0 bridgehead atoms. The van der Waals surface area contributed by atoms with Gasteiger partial charge in [0, 0.05) is 18.8 Å². The van der Waals surface area contributed by atoms with Gasteiger partial charge in [-0.1, -0.05) is 46.7 Å². The number of fused-ring (bicyclic) bond motifs is 1. The molecule has 0 saturated carbocycles. The molecule has 9 nitrogen and oxygen atoms in total. The first kappa shape index (κ1) is 23.0. The molecule has 1 amide bonds. The van der Waals surface area contributed by atoms with Crippen LogP contribution in [0.5, 0.6) is 0 Å². The Hall–Kier alpha value is -3.76. The molecule has 1 aliphatic rings. The van der Waals surface area contributed by atoms with Crippen LogP contribution < -0.4 is 21.5 Å². The number of aryl methyl sites for hydroxylation is 2. The Balaban J connectivity index is 1.61. The minimum absolute atomic E-state index is 0.217. The summed E-state index contributed by atoms with van der Waals surface area (Å²) in [7, 11) is 0. The van der Waals surface area contributed by atoms with Gasteiger partial charge in [-0.05, 0) is 38.1 Å². The summed E-state index contributed by atoms with van der Waals surface area (Å²) in [4.78, 5) is 46.7. The Kier molecular flexibility index (Phi) is 6.23. The second kappa shape index (κ2) is 9.47. The van der Waals surface area contributed by atoms with Crippen molar-refractivity contribution in [1.82, 2.24) is 14.1 Å². The molecule has 2 aromatic carbocycles. The summed E-state index contributed by atoms with van der Waals surface area (Å²) in [5, 5.41) is 3.46. The first-order valence-electron chi connectivity index (χ1n) is 11.3. The smallest absolute Gasteiger partial charge is 0.337 e. The van der Waals surface area contributed by atoms with Gasteiger partial charge in [0.15, 0.2) is 10.8 Å². The summed E-state index contributed by atoms with van der Waals surface area (Å²) in [5.74, 6) is -0.382. The van der Waals surface area contributed by atoms with Crippen LogP contribution in [0.1, 0.15) is 11.1 Å². The molecule has 2 aromatic heterocycles. The van der Waals surface area contributed by atoms with Crippen LogP contribution in [0.3, 0.4) is 0 Å². The molecule has 3 heterocycles. The van der Waals surface area contributed by atoms with Crippen molar-refractivity contribution in [2.24, 2.45) is 0 Å². The van der Waals surface area contributed by atoms with Gasteiger partial charge in [0.1, 0.15) is 11.2 Å². The van der Waals surface area contributed by atoms with Gasteiger partial charge in [-0.3, -0.25) is 14.2 Å². The molecular weight excluding hydrogens is 466 g/mol. The summed E-state index contributed by atoms with van der Waals surface area (Å²) in [6, 6.07) is 14.5. The number of hydrogen-bond acceptors (Lipinski definition) is 7. The molecule has 0 atom stereocenters. The standard InChI is InChI=1S/C25H25N5O4S/c1-16-3-7-18(8-4-16)26-20(31)15-29-22-21(35-24(27-22)28-11-13-34-14-12-28)23(32)30(25(29)33)19-9-5-17(2)6-10-19/h3-10H,11-15H2,1-2H3,(H,26,31). The molecule has 0 aliphatic carbocycles. The molecule has 0 unspecified atom stereocenters. The zero-order valence-electron chi connectivity index (χ0n) is 19.5. The van der Waals surface area contributed by atoms with Crippen molar-refractivity contribution in [3.63, 3.8) is 0 Å². The zero-order chi connectivity index (χ0) is 24.5. The van der Waals surface area contributed by atoms with E-state index in [9.17, 15) is 14.4 Å². The van der Waals surface area contributed by atoms with Gasteiger partial charge in [-0.25, -0.2) is 14.3 Å². The second-order valence-electron chi connectivity index (χ2n) is 8.51. The maximum Gasteiger partial charge on any atom is 0.337 e. The molecule has 1 N–H and O–H groups in total. The quantitative estimate of drug-likeness (QED) is 0.461.